The Kier molecular flexibility index (Phi) is 4.64. The van der Waals surface area contributed by atoms with Crippen LogP contribution in [0.1, 0.15) is 35.3 Å². The Hall–Kier alpha value is -2.00. The van der Waals surface area contributed by atoms with Crippen LogP contribution in [-0.2, 0) is 0 Å². The molecular weight excluding hydrogens is 272 g/mol. The number of nitrogens with one attached hydrogen (secondary N) is 1. The van der Waals surface area contributed by atoms with Gasteiger partial charge in [0.25, 0.3) is 0 Å². The van der Waals surface area contributed by atoms with Crippen LogP contribution in [0.25, 0.3) is 0 Å². The number of hydrogen-bond donors (Lipinski definition) is 2. The van der Waals surface area contributed by atoms with Gasteiger partial charge in [-0.1, -0.05) is 48.9 Å². The molecule has 0 fully saturated rings. The summed E-state index contributed by atoms with van der Waals surface area (Å²) >= 11 is 5.95. The molecule has 20 heavy (non-hydrogen) atoms. The molecule has 3 N–H and O–H groups in total. The average molecular weight is 289 g/mol. The normalized spacial score (nSPS) is 11.9. The highest BCUT2D eigenvalue weighted by Crippen LogP contribution is 2.25. The second kappa shape index (κ2) is 6.44. The van der Waals surface area contributed by atoms with Crippen LogP contribution in [0.2, 0.25) is 5.02 Å². The van der Waals surface area contributed by atoms with Crippen molar-refractivity contribution >= 4 is 23.2 Å². The van der Waals surface area contributed by atoms with Crippen LogP contribution in [0, 0.1) is 0 Å². The van der Waals surface area contributed by atoms with E-state index < -0.39 is 5.91 Å². The quantitative estimate of drug-likeness (QED) is 0.873. The number of nitrogens with two attached hydrogens (primary N) is 1. The van der Waals surface area contributed by atoms with Crippen LogP contribution >= 0.6 is 11.6 Å². The summed E-state index contributed by atoms with van der Waals surface area (Å²) in [6, 6.07) is 15.6. The molecule has 0 aliphatic carbocycles. The Morgan fingerprint density at radius 2 is 1.95 bits per heavy atom. The molecule has 2 aromatic rings. The van der Waals surface area contributed by atoms with E-state index >= 15 is 0 Å². The summed E-state index contributed by atoms with van der Waals surface area (Å²) in [4.78, 5) is 11.3. The number of benzene rings is 2. The van der Waals surface area contributed by atoms with Gasteiger partial charge in [0.15, 0.2) is 0 Å². The molecule has 0 saturated heterocycles. The van der Waals surface area contributed by atoms with E-state index in [9.17, 15) is 4.79 Å². The lowest BCUT2D eigenvalue weighted by atomic mass is 10.0. The number of carbonyl (C=O) groups excluding carboxylic acids is 1. The van der Waals surface area contributed by atoms with E-state index in [1.807, 2.05) is 24.3 Å². The molecule has 0 saturated carbocycles. The summed E-state index contributed by atoms with van der Waals surface area (Å²) < 4.78 is 0. The van der Waals surface area contributed by atoms with Gasteiger partial charge in [-0.25, -0.2) is 0 Å². The molecule has 0 aliphatic rings. The summed E-state index contributed by atoms with van der Waals surface area (Å²) in [6.07, 6.45) is 0.929. The first kappa shape index (κ1) is 14.4. The van der Waals surface area contributed by atoms with Crippen molar-refractivity contribution in [2.24, 2.45) is 5.73 Å². The molecule has 0 heterocycles. The Morgan fingerprint density at radius 3 is 2.55 bits per heavy atom. The van der Waals surface area contributed by atoms with E-state index in [4.69, 9.17) is 17.3 Å². The molecule has 0 radical (unpaired) electrons. The van der Waals surface area contributed by atoms with Crippen LogP contribution < -0.4 is 11.1 Å². The predicted molar refractivity (Wildman–Crippen MR) is 83.1 cm³/mol. The summed E-state index contributed by atoms with van der Waals surface area (Å²) in [5, 5.41) is 3.77. The van der Waals surface area contributed by atoms with Gasteiger partial charge in [-0.2, -0.15) is 0 Å². The van der Waals surface area contributed by atoms with Crippen molar-refractivity contribution in [3.05, 3.63) is 64.7 Å². The second-order valence-corrected chi connectivity index (χ2v) is 4.98. The van der Waals surface area contributed by atoms with E-state index in [1.54, 1.807) is 12.1 Å². The highest BCUT2D eigenvalue weighted by molar-refractivity contribution is 6.33. The van der Waals surface area contributed by atoms with Crippen LogP contribution in [0.3, 0.4) is 0 Å². The van der Waals surface area contributed by atoms with Crippen molar-refractivity contribution < 1.29 is 4.79 Å². The third-order valence-electron chi connectivity index (χ3n) is 3.18. The van der Waals surface area contributed by atoms with E-state index in [0.717, 1.165) is 12.1 Å². The number of primary amides is 1. The van der Waals surface area contributed by atoms with Crippen molar-refractivity contribution in [1.82, 2.24) is 0 Å². The first-order chi connectivity index (χ1) is 9.61. The largest absolute Gasteiger partial charge is 0.378 e. The first-order valence-electron chi connectivity index (χ1n) is 6.52. The number of amides is 1. The van der Waals surface area contributed by atoms with Crippen molar-refractivity contribution in [2.75, 3.05) is 5.32 Å². The monoisotopic (exact) mass is 288 g/mol. The summed E-state index contributed by atoms with van der Waals surface area (Å²) in [7, 11) is 0. The van der Waals surface area contributed by atoms with Gasteiger partial charge in [-0.05, 0) is 30.2 Å². The fourth-order valence-corrected chi connectivity index (χ4v) is 2.32. The smallest absolute Gasteiger partial charge is 0.250 e. The molecule has 0 spiro atoms. The van der Waals surface area contributed by atoms with Crippen molar-refractivity contribution in [1.29, 1.82) is 0 Å². The van der Waals surface area contributed by atoms with Crippen molar-refractivity contribution in [3.63, 3.8) is 0 Å². The average Bonchev–Trinajstić information content (AvgIpc) is 2.47. The third-order valence-corrected chi connectivity index (χ3v) is 3.51. The minimum absolute atomic E-state index is 0.179. The molecule has 2 aromatic carbocycles. The number of rotatable bonds is 5. The number of halogens is 1. The van der Waals surface area contributed by atoms with E-state index in [2.05, 4.69) is 24.4 Å². The first-order valence-corrected chi connectivity index (χ1v) is 6.90. The van der Waals surface area contributed by atoms with Gasteiger partial charge in [0.1, 0.15) is 0 Å². The maximum Gasteiger partial charge on any atom is 0.250 e. The van der Waals surface area contributed by atoms with Crippen LogP contribution in [0.4, 0.5) is 5.69 Å². The molecule has 1 atom stereocenters. The minimum atomic E-state index is -0.522. The number of carbonyl (C=O) groups is 1. The zero-order valence-electron chi connectivity index (χ0n) is 11.3. The van der Waals surface area contributed by atoms with Gasteiger partial charge >= 0.3 is 0 Å². The molecule has 0 aliphatic heterocycles. The van der Waals surface area contributed by atoms with E-state index in [0.29, 0.717) is 10.6 Å². The predicted octanol–water partition coefficient (Wildman–Crippen LogP) is 4.00. The summed E-state index contributed by atoms with van der Waals surface area (Å²) in [5.41, 5.74) is 7.67. The summed E-state index contributed by atoms with van der Waals surface area (Å²) in [6.45, 7) is 2.11. The Balaban J connectivity index is 2.24. The Labute approximate surface area is 123 Å². The Bertz CT molecular complexity index is 599. The lowest BCUT2D eigenvalue weighted by molar-refractivity contribution is 0.100. The minimum Gasteiger partial charge on any atom is -0.378 e. The maximum atomic E-state index is 11.3. The molecule has 3 nitrogen and oxygen atoms in total. The topological polar surface area (TPSA) is 55.1 Å². The summed E-state index contributed by atoms with van der Waals surface area (Å²) in [5.74, 6) is -0.522. The van der Waals surface area contributed by atoms with Gasteiger partial charge in [0, 0.05) is 5.69 Å². The number of anilines is 1. The maximum absolute atomic E-state index is 11.3. The molecule has 2 rings (SSSR count). The molecule has 0 bridgehead atoms. The van der Waals surface area contributed by atoms with Gasteiger partial charge < -0.3 is 11.1 Å². The lowest BCUT2D eigenvalue weighted by Crippen LogP contribution is -2.13. The van der Waals surface area contributed by atoms with Crippen LogP contribution in [0.5, 0.6) is 0 Å². The highest BCUT2D eigenvalue weighted by atomic mass is 35.5. The lowest BCUT2D eigenvalue weighted by Gasteiger charge is -2.19. The van der Waals surface area contributed by atoms with Gasteiger partial charge in [0.05, 0.1) is 16.6 Å². The molecule has 4 heteroatoms. The zero-order chi connectivity index (χ0) is 14.5. The SMILES string of the molecule is CCC(Nc1ccc(Cl)c(C(N)=O)c1)c1ccccc1. The van der Waals surface area contributed by atoms with E-state index in [-0.39, 0.29) is 6.04 Å². The van der Waals surface area contributed by atoms with Crippen LogP contribution in [-0.4, -0.2) is 5.91 Å². The van der Waals surface area contributed by atoms with Gasteiger partial charge in [0.2, 0.25) is 5.91 Å². The van der Waals surface area contributed by atoms with E-state index in [1.165, 1.54) is 5.56 Å². The zero-order valence-corrected chi connectivity index (χ0v) is 12.0. The van der Waals surface area contributed by atoms with Gasteiger partial charge in [-0.15, -0.1) is 0 Å². The fraction of sp³-hybridized carbons (Fsp3) is 0.188. The van der Waals surface area contributed by atoms with Crippen LogP contribution in [0.15, 0.2) is 48.5 Å². The van der Waals surface area contributed by atoms with Crippen molar-refractivity contribution in [2.45, 2.75) is 19.4 Å². The molecule has 1 amide bonds. The highest BCUT2D eigenvalue weighted by Gasteiger charge is 2.11. The Morgan fingerprint density at radius 1 is 1.25 bits per heavy atom. The third kappa shape index (κ3) is 3.31. The standard InChI is InChI=1S/C16H17ClN2O/c1-2-15(11-6-4-3-5-7-11)19-12-8-9-14(17)13(10-12)16(18)20/h3-10,15,19H,2H2,1H3,(H2,18,20). The second-order valence-electron chi connectivity index (χ2n) is 4.57. The van der Waals surface area contributed by atoms with Crippen molar-refractivity contribution in [3.8, 4) is 0 Å². The molecule has 104 valence electrons. The number of hydrogen-bond acceptors (Lipinski definition) is 2. The van der Waals surface area contributed by atoms with Gasteiger partial charge in [-0.3, -0.25) is 4.79 Å². The fourth-order valence-electron chi connectivity index (χ4n) is 2.11. The molecular formula is C16H17ClN2O. The molecule has 0 aromatic heterocycles. The molecule has 1 unspecified atom stereocenters.